The average molecular weight is 1660 g/mol. The summed E-state index contributed by atoms with van der Waals surface area (Å²) in [5, 5.41) is 17.6. The van der Waals surface area contributed by atoms with Gasteiger partial charge in [-0.25, -0.2) is 29.9 Å². The number of fused-ring (bicyclic) bond motifs is 18. The van der Waals surface area contributed by atoms with Crippen LogP contribution in [0.1, 0.15) is 149 Å². The Hall–Kier alpha value is -10.3. The van der Waals surface area contributed by atoms with Gasteiger partial charge in [-0.15, -0.1) is 0 Å². The number of carboxylic acids is 1. The molecule has 22 nitrogen and oxygen atoms in total. The lowest BCUT2D eigenvalue weighted by atomic mass is 9.96. The fourth-order valence-electron chi connectivity index (χ4n) is 13.7. The summed E-state index contributed by atoms with van der Waals surface area (Å²) in [6, 6.07) is 39.4. The number of carbonyl (C=O) groups excluding carboxylic acids is 1. The molecule has 0 fully saturated rings. The fraction of sp³-hybridized carbons (Fsp3) is 0.383. The van der Waals surface area contributed by atoms with Crippen molar-refractivity contribution in [3.05, 3.63) is 197 Å². The van der Waals surface area contributed by atoms with E-state index in [-0.39, 0.29) is 75.6 Å². The molecule has 0 amide bonds. The van der Waals surface area contributed by atoms with Crippen molar-refractivity contribution in [2.24, 2.45) is 0 Å². The third-order valence-corrected chi connectivity index (χ3v) is 23.1. The Morgan fingerprint density at radius 2 is 0.687 bits per heavy atom. The third kappa shape index (κ3) is 24.4. The topological polar surface area (TPSA) is 300 Å². The van der Waals surface area contributed by atoms with Gasteiger partial charge < -0.3 is 29.7 Å². The molecule has 3 aliphatic rings. The number of aliphatic hydroxyl groups is 1. The summed E-state index contributed by atoms with van der Waals surface area (Å²) in [4.78, 5) is 53.1. The number of aryl methyl sites for hydroxylation is 3. The van der Waals surface area contributed by atoms with E-state index in [1.54, 1.807) is 108 Å². The van der Waals surface area contributed by atoms with Gasteiger partial charge in [0.05, 0.1) is 40.2 Å². The number of pyridine rings is 6. The second-order valence-electron chi connectivity index (χ2n) is 27.8. The summed E-state index contributed by atoms with van der Waals surface area (Å²) in [5.41, 5.74) is -0.682. The molecule has 9 heterocycles. The molecular weight excluding hydrogens is 1570 g/mol. The van der Waals surface area contributed by atoms with Crippen molar-refractivity contribution in [2.45, 2.75) is 168 Å². The minimum atomic E-state index is -4.70. The lowest BCUT2D eigenvalue weighted by molar-refractivity contribution is -0.138. The van der Waals surface area contributed by atoms with E-state index in [0.717, 1.165) is 150 Å². The maximum atomic E-state index is 14.0. The Bertz CT molecular complexity index is 5160. The maximum absolute atomic E-state index is 14.0. The molecule has 12 rings (SSSR count). The number of sulfonamides is 3. The number of nitrogens with one attached hydrogen (secondary N) is 3. The molecule has 0 spiro atoms. The smallest absolute Gasteiger partial charge is 0.418 e. The first kappa shape index (κ1) is 87.1. The minimum absolute atomic E-state index is 0.000553. The summed E-state index contributed by atoms with van der Waals surface area (Å²) in [6.45, 7) is 2.85. The van der Waals surface area contributed by atoms with Crippen molar-refractivity contribution in [1.82, 2.24) is 29.9 Å². The lowest BCUT2D eigenvalue weighted by Crippen LogP contribution is -2.29. The van der Waals surface area contributed by atoms with Gasteiger partial charge in [0.1, 0.15) is 41.2 Å². The number of hydrogen-bond acceptors (Lipinski definition) is 18. The van der Waals surface area contributed by atoms with Crippen LogP contribution >= 0.6 is 0 Å². The van der Waals surface area contributed by atoms with Crippen molar-refractivity contribution in [3.63, 3.8) is 0 Å². The number of hydrogen-bond donors (Lipinski definition) is 5. The number of carboxylic acid groups (broad SMARTS) is 1. The van der Waals surface area contributed by atoms with Gasteiger partial charge in [0.15, 0.2) is 15.1 Å². The van der Waals surface area contributed by atoms with E-state index >= 15 is 0 Å². The second-order valence-corrected chi connectivity index (χ2v) is 32.6. The zero-order valence-corrected chi connectivity index (χ0v) is 65.2. The van der Waals surface area contributed by atoms with Gasteiger partial charge in [0.2, 0.25) is 0 Å². The van der Waals surface area contributed by atoms with Crippen molar-refractivity contribution in [3.8, 4) is 33.8 Å². The van der Waals surface area contributed by atoms with Crippen molar-refractivity contribution in [2.75, 3.05) is 74.7 Å². The molecule has 3 aliphatic heterocycles. The van der Waals surface area contributed by atoms with Crippen molar-refractivity contribution >= 4 is 77.2 Å². The number of aromatic nitrogens is 6. The number of benzene rings is 3. The van der Waals surface area contributed by atoms with E-state index in [1.165, 1.54) is 24.3 Å². The number of rotatable bonds is 9. The number of halogens is 9. The molecule has 34 heteroatoms. The highest BCUT2D eigenvalue weighted by molar-refractivity contribution is 7.93. The molecule has 0 atom stereocenters. The van der Waals surface area contributed by atoms with E-state index in [9.17, 15) is 79.5 Å². The highest BCUT2D eigenvalue weighted by Crippen LogP contribution is 2.43. The molecule has 5 N–H and O–H groups in total. The lowest BCUT2D eigenvalue weighted by Gasteiger charge is -2.24. The Balaban J connectivity index is 0.000000182. The van der Waals surface area contributed by atoms with Gasteiger partial charge in [-0.05, 0) is 154 Å². The molecule has 0 saturated heterocycles. The fourth-order valence-corrected chi connectivity index (χ4v) is 16.6. The molecule has 6 aromatic heterocycles. The summed E-state index contributed by atoms with van der Waals surface area (Å²) in [7, 11) is -12.8. The molecule has 115 heavy (non-hydrogen) atoms. The first-order valence-corrected chi connectivity index (χ1v) is 42.4. The van der Waals surface area contributed by atoms with Gasteiger partial charge in [-0.2, -0.15) is 64.8 Å². The van der Waals surface area contributed by atoms with Crippen LogP contribution in [0.5, 0.6) is 0 Å². The number of aldehydes is 1. The van der Waals surface area contributed by atoms with Crippen LogP contribution in [0, 0.1) is 0 Å². The molecule has 3 aromatic carbocycles. The monoisotopic (exact) mass is 1660 g/mol. The number of aliphatic carboxylic acids is 1. The summed E-state index contributed by atoms with van der Waals surface area (Å²) in [5.74, 6) is -0.561. The Labute approximate surface area is 662 Å². The van der Waals surface area contributed by atoms with E-state index in [1.807, 2.05) is 9.80 Å². The quantitative estimate of drug-likeness (QED) is 0.0662. The van der Waals surface area contributed by atoms with E-state index in [0.29, 0.717) is 98.1 Å². The van der Waals surface area contributed by atoms with Crippen LogP contribution < -0.4 is 28.9 Å². The van der Waals surface area contributed by atoms with Crippen LogP contribution in [-0.2, 0) is 77.5 Å². The van der Waals surface area contributed by atoms with Gasteiger partial charge >= 0.3 is 24.5 Å². The molecule has 0 radical (unpaired) electrons. The first-order chi connectivity index (χ1) is 54.9. The van der Waals surface area contributed by atoms with Crippen LogP contribution in [0.25, 0.3) is 33.8 Å². The zero-order valence-electron chi connectivity index (χ0n) is 62.8. The standard InChI is InChI=1S/C27H29F3N4O4S.C27H31F3N4O3S.C27H29F3N4O3S/c28-27(29,30)21-14-15-22-31-26(21)20-11-6-5-10-19(20)9-4-2-1-3-7-17-34(18-16-25(35)36)23-12-8-13-24(32-23)39(37,38)33-22;2*28-27(29,30)22-15-16-23-31-26(22)21-12-6-5-11-20(21)10-4-2-1-3-7-17-34(18-9-19-35)24-13-8-14-25(32-24)38(36,37)33-23/h5-6,8,10-15H,1-4,7,9,16-18H2,(H,31,33)(H,35,36);5-6,8,11-16,35H,1-4,7,9-10,17-19H2,(H,31,33);5-6,8,11-16,19H,1-4,7,9-10,17-18H2,(H,31,33). The zero-order chi connectivity index (χ0) is 82.4. The molecule has 0 aliphatic carbocycles. The molecule has 12 bridgehead atoms. The normalized spacial score (nSPS) is 16.5. The largest absolute Gasteiger partial charge is 0.481 e. The molecule has 0 saturated carbocycles. The highest BCUT2D eigenvalue weighted by atomic mass is 32.2. The van der Waals surface area contributed by atoms with Crippen LogP contribution in [-0.4, -0.2) is 124 Å². The SMILES string of the molecule is O=C(O)CCN1CCCCCCCc2ccccc2-c2nc(ccc2C(F)(F)F)NS(=O)(=O)c2cccc1n2.O=CCCN1CCCCCCCc2ccccc2-c2nc(ccc2C(F)(F)F)NS(=O)(=O)c2cccc1n2.O=S1(=O)Nc2ccc(C(F)(F)F)c(n2)-c2ccccc2CCCCCCCN(CCCO)c2cccc1n2. The molecule has 0 unspecified atom stereocenters. The first-order valence-electron chi connectivity index (χ1n) is 37.9. The molecule has 9 aromatic rings. The minimum Gasteiger partial charge on any atom is -0.481 e. The third-order valence-electron chi connectivity index (χ3n) is 19.4. The second kappa shape index (κ2) is 39.8. The van der Waals surface area contributed by atoms with Crippen molar-refractivity contribution in [1.29, 1.82) is 0 Å². The predicted octanol–water partition coefficient (Wildman–Crippen LogP) is 17.3. The number of nitrogens with zero attached hydrogens (tertiary/aromatic N) is 9. The maximum Gasteiger partial charge on any atom is 0.418 e. The molecule has 614 valence electrons. The van der Waals surface area contributed by atoms with Gasteiger partial charge in [0, 0.05) is 69.0 Å². The van der Waals surface area contributed by atoms with E-state index in [2.05, 4.69) is 44.1 Å². The van der Waals surface area contributed by atoms with Crippen LogP contribution in [0.4, 0.5) is 74.4 Å². The Morgan fingerprint density at radius 1 is 0.383 bits per heavy atom. The summed E-state index contributed by atoms with van der Waals surface area (Å²) >= 11 is 0. The van der Waals surface area contributed by atoms with Crippen LogP contribution in [0.3, 0.4) is 0 Å². The number of alkyl halides is 9. The van der Waals surface area contributed by atoms with Crippen molar-refractivity contribution < 1.29 is 84.6 Å². The average Bonchev–Trinajstić information content (AvgIpc) is 0.784. The Kier molecular flexibility index (Phi) is 30.2. The number of carbonyl (C=O) groups is 2. The van der Waals surface area contributed by atoms with Gasteiger partial charge in [-0.3, -0.25) is 19.0 Å². The summed E-state index contributed by atoms with van der Waals surface area (Å²) < 4.78 is 212. The highest BCUT2D eigenvalue weighted by Gasteiger charge is 2.39. The van der Waals surface area contributed by atoms with Crippen LogP contribution in [0.2, 0.25) is 0 Å². The van der Waals surface area contributed by atoms with Gasteiger partial charge in [-0.1, -0.05) is 149 Å². The number of anilines is 6. The van der Waals surface area contributed by atoms with E-state index in [4.69, 9.17) is 5.11 Å². The number of aliphatic hydroxyl groups excluding tert-OH is 1. The summed E-state index contributed by atoms with van der Waals surface area (Å²) in [6.07, 6.45) is 2.13. The molecular formula is C81H89F9N12O10S3. The van der Waals surface area contributed by atoms with Crippen LogP contribution in [0.15, 0.2) is 179 Å². The predicted molar refractivity (Wildman–Crippen MR) is 421 cm³/mol. The Morgan fingerprint density at radius 3 is 1.00 bits per heavy atom. The van der Waals surface area contributed by atoms with Gasteiger partial charge in [0.25, 0.3) is 30.1 Å². The van der Waals surface area contributed by atoms with E-state index < -0.39 is 71.3 Å².